The molecule has 0 amide bonds. The van der Waals surface area contributed by atoms with Crippen molar-refractivity contribution < 1.29 is 5.11 Å². The van der Waals surface area contributed by atoms with Gasteiger partial charge in [0.05, 0.1) is 20.7 Å². The standard InChI is InChI=1S/C16H22Cl3NO/c1-10-4-3-7-16(21,8-10)9-20-11(2)12-5-6-13(17)15(19)14(12)18/h5-6,10-11,20-21H,3-4,7-9H2,1-2H3. The topological polar surface area (TPSA) is 32.3 Å². The molecule has 0 bridgehead atoms. The van der Waals surface area contributed by atoms with Crippen LogP contribution in [0, 0.1) is 5.92 Å². The number of halogens is 3. The van der Waals surface area contributed by atoms with E-state index in [1.165, 1.54) is 6.42 Å². The molecule has 1 aliphatic carbocycles. The Labute approximate surface area is 141 Å². The molecule has 2 nitrogen and oxygen atoms in total. The Bertz CT molecular complexity index is 509. The predicted octanol–water partition coefficient (Wildman–Crippen LogP) is 5.24. The van der Waals surface area contributed by atoms with Gasteiger partial charge >= 0.3 is 0 Å². The third-order valence-corrected chi connectivity index (χ3v) is 5.64. The molecule has 1 fully saturated rings. The van der Waals surface area contributed by atoms with Crippen molar-refractivity contribution in [3.05, 3.63) is 32.8 Å². The van der Waals surface area contributed by atoms with Crippen molar-refractivity contribution in [1.29, 1.82) is 0 Å². The monoisotopic (exact) mass is 349 g/mol. The van der Waals surface area contributed by atoms with Crippen molar-refractivity contribution in [3.8, 4) is 0 Å². The van der Waals surface area contributed by atoms with Crippen molar-refractivity contribution in [2.45, 2.75) is 51.2 Å². The van der Waals surface area contributed by atoms with E-state index in [-0.39, 0.29) is 6.04 Å². The van der Waals surface area contributed by atoms with Crippen molar-refractivity contribution in [1.82, 2.24) is 5.32 Å². The van der Waals surface area contributed by atoms with Gasteiger partial charge in [0.1, 0.15) is 0 Å². The average molecular weight is 351 g/mol. The maximum Gasteiger partial charge on any atom is 0.0781 e. The molecule has 3 unspecified atom stereocenters. The molecule has 5 heteroatoms. The Morgan fingerprint density at radius 1 is 1.33 bits per heavy atom. The first kappa shape index (κ1) is 17.4. The summed E-state index contributed by atoms with van der Waals surface area (Å²) in [4.78, 5) is 0. The molecule has 21 heavy (non-hydrogen) atoms. The second-order valence-electron chi connectivity index (χ2n) is 6.29. The quantitative estimate of drug-likeness (QED) is 0.728. The second kappa shape index (κ2) is 7.06. The smallest absolute Gasteiger partial charge is 0.0781 e. The minimum absolute atomic E-state index is 0.00789. The Balaban J connectivity index is 2.02. The molecule has 2 rings (SSSR count). The first-order valence-electron chi connectivity index (χ1n) is 7.41. The van der Waals surface area contributed by atoms with Gasteiger partial charge in [-0.05, 0) is 37.3 Å². The third kappa shape index (κ3) is 4.27. The summed E-state index contributed by atoms with van der Waals surface area (Å²) in [6.07, 6.45) is 3.99. The van der Waals surface area contributed by atoms with Crippen LogP contribution in [0.5, 0.6) is 0 Å². The van der Waals surface area contributed by atoms with Gasteiger partial charge in [0.25, 0.3) is 0 Å². The van der Waals surface area contributed by atoms with Crippen LogP contribution in [0.25, 0.3) is 0 Å². The van der Waals surface area contributed by atoms with Gasteiger partial charge in [0, 0.05) is 12.6 Å². The van der Waals surface area contributed by atoms with Crippen LogP contribution >= 0.6 is 34.8 Å². The van der Waals surface area contributed by atoms with Crippen LogP contribution in [0.4, 0.5) is 0 Å². The van der Waals surface area contributed by atoms with E-state index >= 15 is 0 Å². The molecule has 0 radical (unpaired) electrons. The molecule has 118 valence electrons. The molecule has 2 N–H and O–H groups in total. The van der Waals surface area contributed by atoms with Gasteiger partial charge in [-0.25, -0.2) is 0 Å². The van der Waals surface area contributed by atoms with Gasteiger partial charge < -0.3 is 10.4 Å². The minimum Gasteiger partial charge on any atom is -0.389 e. The summed E-state index contributed by atoms with van der Waals surface area (Å²) in [6, 6.07) is 3.64. The van der Waals surface area contributed by atoms with Crippen LogP contribution in [-0.4, -0.2) is 17.3 Å². The fraction of sp³-hybridized carbons (Fsp3) is 0.625. The average Bonchev–Trinajstić information content (AvgIpc) is 2.42. The van der Waals surface area contributed by atoms with Gasteiger partial charge in [-0.3, -0.25) is 0 Å². The normalized spacial score (nSPS) is 27.6. The maximum atomic E-state index is 10.7. The fourth-order valence-electron chi connectivity index (χ4n) is 3.12. The molecule has 0 heterocycles. The molecule has 1 aliphatic rings. The highest BCUT2D eigenvalue weighted by Gasteiger charge is 2.32. The van der Waals surface area contributed by atoms with Crippen LogP contribution < -0.4 is 5.32 Å². The number of aliphatic hydroxyl groups is 1. The Hall–Kier alpha value is 0.01000. The summed E-state index contributed by atoms with van der Waals surface area (Å²) in [5.41, 5.74) is 0.285. The fourth-order valence-corrected chi connectivity index (χ4v) is 3.83. The summed E-state index contributed by atoms with van der Waals surface area (Å²) in [5.74, 6) is 0.578. The molecule has 0 aromatic heterocycles. The van der Waals surface area contributed by atoms with Crippen molar-refractivity contribution in [2.75, 3.05) is 6.54 Å². The second-order valence-corrected chi connectivity index (χ2v) is 7.46. The molecule has 1 aromatic rings. The summed E-state index contributed by atoms with van der Waals surface area (Å²) >= 11 is 18.3. The van der Waals surface area contributed by atoms with Crippen molar-refractivity contribution in [2.24, 2.45) is 5.92 Å². The molecule has 3 atom stereocenters. The Morgan fingerprint density at radius 2 is 2.05 bits per heavy atom. The van der Waals surface area contributed by atoms with E-state index in [2.05, 4.69) is 12.2 Å². The molecule has 1 aromatic carbocycles. The highest BCUT2D eigenvalue weighted by Crippen LogP contribution is 2.36. The van der Waals surface area contributed by atoms with Crippen LogP contribution in [0.15, 0.2) is 12.1 Å². The van der Waals surface area contributed by atoms with Crippen LogP contribution in [0.2, 0.25) is 15.1 Å². The Kier molecular flexibility index (Phi) is 5.84. The van der Waals surface area contributed by atoms with Gasteiger partial charge in [-0.1, -0.05) is 60.6 Å². The van der Waals surface area contributed by atoms with Crippen molar-refractivity contribution in [3.63, 3.8) is 0 Å². The lowest BCUT2D eigenvalue weighted by atomic mass is 9.79. The maximum absolute atomic E-state index is 10.7. The van der Waals surface area contributed by atoms with Gasteiger partial charge in [-0.2, -0.15) is 0 Å². The lowest BCUT2D eigenvalue weighted by Gasteiger charge is -2.36. The lowest BCUT2D eigenvalue weighted by molar-refractivity contribution is -0.0134. The van der Waals surface area contributed by atoms with Gasteiger partial charge in [-0.15, -0.1) is 0 Å². The van der Waals surface area contributed by atoms with Crippen LogP contribution in [0.1, 0.15) is 51.1 Å². The largest absolute Gasteiger partial charge is 0.389 e. The number of hydrogen-bond acceptors (Lipinski definition) is 2. The SMILES string of the molecule is CC1CCCC(O)(CNC(C)c2ccc(Cl)c(Cl)c2Cl)C1. The van der Waals surface area contributed by atoms with Crippen molar-refractivity contribution >= 4 is 34.8 Å². The summed E-state index contributed by atoms with van der Waals surface area (Å²) in [5, 5.41) is 15.4. The van der Waals surface area contributed by atoms with E-state index < -0.39 is 5.60 Å². The molecule has 1 saturated carbocycles. The number of nitrogens with one attached hydrogen (secondary N) is 1. The summed E-state index contributed by atoms with van der Waals surface area (Å²) in [7, 11) is 0. The van der Waals surface area contributed by atoms with E-state index in [9.17, 15) is 5.11 Å². The lowest BCUT2D eigenvalue weighted by Crippen LogP contribution is -2.44. The van der Waals surface area contributed by atoms with E-state index in [4.69, 9.17) is 34.8 Å². The van der Waals surface area contributed by atoms with Crippen LogP contribution in [-0.2, 0) is 0 Å². The zero-order chi connectivity index (χ0) is 15.6. The minimum atomic E-state index is -0.616. The molecule has 0 aliphatic heterocycles. The first-order valence-corrected chi connectivity index (χ1v) is 8.55. The molecular formula is C16H22Cl3NO. The highest BCUT2D eigenvalue weighted by molar-refractivity contribution is 6.48. The molecular weight excluding hydrogens is 329 g/mol. The summed E-state index contributed by atoms with van der Waals surface area (Å²) in [6.45, 7) is 4.78. The molecule has 0 spiro atoms. The van der Waals surface area contributed by atoms with E-state index in [0.717, 1.165) is 24.8 Å². The van der Waals surface area contributed by atoms with E-state index in [0.29, 0.717) is 27.5 Å². The van der Waals surface area contributed by atoms with Gasteiger partial charge in [0.15, 0.2) is 0 Å². The van der Waals surface area contributed by atoms with Crippen LogP contribution in [0.3, 0.4) is 0 Å². The summed E-state index contributed by atoms with van der Waals surface area (Å²) < 4.78 is 0. The zero-order valence-corrected chi connectivity index (χ0v) is 14.7. The predicted molar refractivity (Wildman–Crippen MR) is 90.5 cm³/mol. The van der Waals surface area contributed by atoms with E-state index in [1.54, 1.807) is 6.07 Å². The first-order chi connectivity index (χ1) is 9.82. The number of rotatable bonds is 4. The third-order valence-electron chi connectivity index (χ3n) is 4.34. The number of benzene rings is 1. The Morgan fingerprint density at radius 3 is 2.71 bits per heavy atom. The van der Waals surface area contributed by atoms with E-state index in [1.807, 2.05) is 13.0 Å². The number of hydrogen-bond donors (Lipinski definition) is 2. The highest BCUT2D eigenvalue weighted by atomic mass is 35.5. The molecule has 0 saturated heterocycles. The van der Waals surface area contributed by atoms with Gasteiger partial charge in [0.2, 0.25) is 0 Å². The zero-order valence-electron chi connectivity index (χ0n) is 12.4.